The molecule has 0 radical (unpaired) electrons. The molecule has 0 aliphatic rings. The Balaban J connectivity index is 2.77. The molecule has 5 nitrogen and oxygen atoms in total. The molecule has 0 fully saturated rings. The van der Waals surface area contributed by atoms with Gasteiger partial charge in [-0.25, -0.2) is 8.42 Å². The normalized spacial score (nSPS) is 15.7. The predicted octanol–water partition coefficient (Wildman–Crippen LogP) is -0.111. The zero-order valence-corrected chi connectivity index (χ0v) is 10.2. The monoisotopic (exact) mass is 243 g/mol. The first-order valence-corrected chi connectivity index (χ1v) is 6.95. The summed E-state index contributed by atoms with van der Waals surface area (Å²) in [5.74, 6) is 5.38. The Labute approximate surface area is 96.0 Å². The third-order valence-corrected chi connectivity index (χ3v) is 4.29. The smallest absolute Gasteiger partial charge is 0.151 e. The van der Waals surface area contributed by atoms with Crippen LogP contribution in [0.4, 0.5) is 0 Å². The number of nitrogens with two attached hydrogens (primary N) is 1. The van der Waals surface area contributed by atoms with E-state index in [1.54, 1.807) is 13.1 Å². The van der Waals surface area contributed by atoms with E-state index in [1.807, 2.05) is 18.2 Å². The van der Waals surface area contributed by atoms with Crippen LogP contribution < -0.4 is 11.3 Å². The number of hydrazine groups is 1. The molecule has 0 saturated heterocycles. The zero-order valence-electron chi connectivity index (χ0n) is 9.42. The summed E-state index contributed by atoms with van der Waals surface area (Å²) in [5.41, 5.74) is 3.36. The third kappa shape index (κ3) is 3.55. The van der Waals surface area contributed by atoms with Crippen LogP contribution in [0.2, 0.25) is 0 Å². The van der Waals surface area contributed by atoms with Crippen molar-refractivity contribution in [3.05, 3.63) is 30.1 Å². The zero-order chi connectivity index (χ0) is 12.2. The first kappa shape index (κ1) is 13.1. The Bertz CT molecular complexity index is 419. The highest BCUT2D eigenvalue weighted by Gasteiger charge is 2.25. The largest absolute Gasteiger partial charge is 0.271 e. The van der Waals surface area contributed by atoms with E-state index in [-0.39, 0.29) is 6.04 Å². The van der Waals surface area contributed by atoms with Crippen LogP contribution in [-0.2, 0) is 16.3 Å². The van der Waals surface area contributed by atoms with Gasteiger partial charge >= 0.3 is 0 Å². The van der Waals surface area contributed by atoms with E-state index < -0.39 is 15.1 Å². The first-order valence-electron chi connectivity index (χ1n) is 5.00. The van der Waals surface area contributed by atoms with Crippen LogP contribution in [-0.4, -0.2) is 30.9 Å². The molecule has 1 aromatic rings. The lowest BCUT2D eigenvalue weighted by molar-refractivity contribution is 0.490. The summed E-state index contributed by atoms with van der Waals surface area (Å²) in [6.45, 7) is 1.64. The Morgan fingerprint density at radius 3 is 2.62 bits per heavy atom. The maximum atomic E-state index is 11.4. The van der Waals surface area contributed by atoms with Crippen molar-refractivity contribution in [2.24, 2.45) is 5.84 Å². The van der Waals surface area contributed by atoms with Gasteiger partial charge in [0.05, 0.1) is 5.25 Å². The predicted molar refractivity (Wildman–Crippen MR) is 63.4 cm³/mol. The molecular weight excluding hydrogens is 226 g/mol. The van der Waals surface area contributed by atoms with Crippen molar-refractivity contribution in [3.63, 3.8) is 0 Å². The van der Waals surface area contributed by atoms with Crippen LogP contribution in [0, 0.1) is 0 Å². The Hall–Kier alpha value is -0.980. The molecule has 0 aromatic carbocycles. The lowest BCUT2D eigenvalue weighted by Gasteiger charge is -2.21. The van der Waals surface area contributed by atoms with E-state index in [2.05, 4.69) is 10.4 Å². The molecule has 0 amide bonds. The molecule has 0 aliphatic carbocycles. The first-order chi connectivity index (χ1) is 7.45. The van der Waals surface area contributed by atoms with Gasteiger partial charge in [-0.1, -0.05) is 6.07 Å². The quantitative estimate of drug-likeness (QED) is 0.557. The van der Waals surface area contributed by atoms with Crippen molar-refractivity contribution in [1.82, 2.24) is 10.4 Å². The van der Waals surface area contributed by atoms with E-state index >= 15 is 0 Å². The molecule has 6 heteroatoms. The van der Waals surface area contributed by atoms with Gasteiger partial charge in [0.25, 0.3) is 0 Å². The molecule has 0 saturated carbocycles. The molecule has 1 heterocycles. The van der Waals surface area contributed by atoms with Crippen molar-refractivity contribution in [3.8, 4) is 0 Å². The summed E-state index contributed by atoms with van der Waals surface area (Å²) < 4.78 is 22.8. The number of pyridine rings is 1. The average Bonchev–Trinajstić information content (AvgIpc) is 2.25. The highest BCUT2D eigenvalue weighted by atomic mass is 32.2. The third-order valence-electron chi connectivity index (χ3n) is 2.61. The Kier molecular flexibility index (Phi) is 4.40. The van der Waals surface area contributed by atoms with E-state index in [4.69, 9.17) is 5.84 Å². The van der Waals surface area contributed by atoms with Crippen LogP contribution in [0.3, 0.4) is 0 Å². The van der Waals surface area contributed by atoms with Crippen LogP contribution >= 0.6 is 0 Å². The van der Waals surface area contributed by atoms with Crippen molar-refractivity contribution in [2.45, 2.75) is 24.6 Å². The standard InChI is InChI=1S/C10H17N3O2S/c1-8(16(2,14)15)10(13-11)7-9-5-3-4-6-12-9/h3-6,8,10,13H,7,11H2,1-2H3. The number of hydrogen-bond donors (Lipinski definition) is 2. The van der Waals surface area contributed by atoms with Gasteiger partial charge < -0.3 is 0 Å². The molecule has 0 bridgehead atoms. The van der Waals surface area contributed by atoms with E-state index in [9.17, 15) is 8.42 Å². The van der Waals surface area contributed by atoms with E-state index in [1.165, 1.54) is 6.26 Å². The summed E-state index contributed by atoms with van der Waals surface area (Å²) in [5, 5.41) is -0.542. The molecule has 1 rings (SSSR count). The van der Waals surface area contributed by atoms with Gasteiger partial charge in [0.1, 0.15) is 0 Å². The number of sulfone groups is 1. The molecule has 1 aromatic heterocycles. The van der Waals surface area contributed by atoms with E-state index in [0.717, 1.165) is 5.69 Å². The summed E-state index contributed by atoms with van der Waals surface area (Å²) in [6, 6.07) is 5.19. The van der Waals surface area contributed by atoms with Gasteiger partial charge in [-0.3, -0.25) is 16.3 Å². The van der Waals surface area contributed by atoms with Crippen molar-refractivity contribution in [1.29, 1.82) is 0 Å². The summed E-state index contributed by atoms with van der Waals surface area (Å²) in [4.78, 5) is 4.14. The fourth-order valence-corrected chi connectivity index (χ4v) is 2.17. The number of nitrogens with zero attached hydrogens (tertiary/aromatic N) is 1. The SMILES string of the molecule is CC(C(Cc1ccccn1)NN)S(C)(=O)=O. The van der Waals surface area contributed by atoms with Crippen molar-refractivity contribution in [2.75, 3.05) is 6.26 Å². The van der Waals surface area contributed by atoms with Gasteiger partial charge in [-0.2, -0.15) is 0 Å². The molecule has 2 unspecified atom stereocenters. The van der Waals surface area contributed by atoms with Crippen LogP contribution in [0.5, 0.6) is 0 Å². The highest BCUT2D eigenvalue weighted by Crippen LogP contribution is 2.09. The molecule has 90 valence electrons. The molecular formula is C10H17N3O2S. The van der Waals surface area contributed by atoms with Crippen LogP contribution in [0.1, 0.15) is 12.6 Å². The topological polar surface area (TPSA) is 85.1 Å². The molecule has 0 aliphatic heterocycles. The highest BCUT2D eigenvalue weighted by molar-refractivity contribution is 7.91. The fourth-order valence-electron chi connectivity index (χ4n) is 1.40. The maximum Gasteiger partial charge on any atom is 0.151 e. The molecule has 16 heavy (non-hydrogen) atoms. The van der Waals surface area contributed by atoms with Crippen molar-refractivity contribution >= 4 is 9.84 Å². The second kappa shape index (κ2) is 5.38. The molecule has 2 atom stereocenters. The average molecular weight is 243 g/mol. The van der Waals surface area contributed by atoms with Gasteiger partial charge in [-0.05, 0) is 19.1 Å². The number of aromatic nitrogens is 1. The maximum absolute atomic E-state index is 11.4. The van der Waals surface area contributed by atoms with Gasteiger partial charge in [-0.15, -0.1) is 0 Å². The minimum absolute atomic E-state index is 0.329. The number of hydrogen-bond acceptors (Lipinski definition) is 5. The van der Waals surface area contributed by atoms with Gasteiger partial charge in [0.2, 0.25) is 0 Å². The summed E-state index contributed by atoms with van der Waals surface area (Å²) >= 11 is 0. The lowest BCUT2D eigenvalue weighted by Crippen LogP contribution is -2.47. The number of nitrogens with one attached hydrogen (secondary N) is 1. The Morgan fingerprint density at radius 1 is 1.50 bits per heavy atom. The van der Waals surface area contributed by atoms with Crippen molar-refractivity contribution < 1.29 is 8.42 Å². The van der Waals surface area contributed by atoms with Crippen LogP contribution in [0.25, 0.3) is 0 Å². The summed E-state index contributed by atoms with van der Waals surface area (Å²) in [7, 11) is -3.10. The minimum atomic E-state index is -3.10. The fraction of sp³-hybridized carbons (Fsp3) is 0.500. The molecule has 3 N–H and O–H groups in total. The Morgan fingerprint density at radius 2 is 2.19 bits per heavy atom. The number of rotatable bonds is 5. The minimum Gasteiger partial charge on any atom is -0.271 e. The second-order valence-corrected chi connectivity index (χ2v) is 6.24. The summed E-state index contributed by atoms with van der Waals surface area (Å²) in [6.07, 6.45) is 3.38. The van der Waals surface area contributed by atoms with Gasteiger partial charge in [0.15, 0.2) is 9.84 Å². The lowest BCUT2D eigenvalue weighted by atomic mass is 10.1. The second-order valence-electron chi connectivity index (χ2n) is 3.83. The van der Waals surface area contributed by atoms with Crippen LogP contribution in [0.15, 0.2) is 24.4 Å². The van der Waals surface area contributed by atoms with Gasteiger partial charge in [0, 0.05) is 30.6 Å². The molecule has 0 spiro atoms. The van der Waals surface area contributed by atoms with E-state index in [0.29, 0.717) is 6.42 Å².